The summed E-state index contributed by atoms with van der Waals surface area (Å²) in [6, 6.07) is 0. The maximum absolute atomic E-state index is 5.70. The Bertz CT molecular complexity index is 150. The molecule has 0 aromatic rings. The summed E-state index contributed by atoms with van der Waals surface area (Å²) in [5.41, 5.74) is 0. The lowest BCUT2D eigenvalue weighted by molar-refractivity contribution is 0.0578. The standard InChI is InChI=1S/C10H23NO3Si/c1-5-9-10-14-15(11-6-2,12-7-3)13-8-4/h5,11H,1,6-10H2,2-4H3. The normalized spacial score (nSPS) is 11.7. The van der Waals surface area contributed by atoms with Gasteiger partial charge in [-0.05, 0) is 26.8 Å². The van der Waals surface area contributed by atoms with Crippen molar-refractivity contribution in [2.24, 2.45) is 0 Å². The van der Waals surface area contributed by atoms with Gasteiger partial charge in [-0.1, -0.05) is 13.0 Å². The van der Waals surface area contributed by atoms with Crippen LogP contribution >= 0.6 is 0 Å². The third-order valence-electron chi connectivity index (χ3n) is 1.68. The van der Waals surface area contributed by atoms with Crippen molar-refractivity contribution in [2.75, 3.05) is 26.4 Å². The van der Waals surface area contributed by atoms with E-state index >= 15 is 0 Å². The van der Waals surface area contributed by atoms with Gasteiger partial charge in [-0.15, -0.1) is 6.58 Å². The van der Waals surface area contributed by atoms with Crippen LogP contribution in [0.3, 0.4) is 0 Å². The van der Waals surface area contributed by atoms with E-state index in [1.165, 1.54) is 0 Å². The van der Waals surface area contributed by atoms with Crippen LogP contribution in [0.4, 0.5) is 0 Å². The maximum Gasteiger partial charge on any atom is 0.596 e. The highest BCUT2D eigenvalue weighted by Gasteiger charge is 2.40. The molecular weight excluding hydrogens is 210 g/mol. The fourth-order valence-electron chi connectivity index (χ4n) is 1.15. The molecule has 1 N–H and O–H groups in total. The Balaban J connectivity index is 4.24. The quantitative estimate of drug-likeness (QED) is 0.354. The lowest BCUT2D eigenvalue weighted by Gasteiger charge is -2.28. The van der Waals surface area contributed by atoms with Gasteiger partial charge >= 0.3 is 8.97 Å². The van der Waals surface area contributed by atoms with Gasteiger partial charge in [0.15, 0.2) is 0 Å². The Labute approximate surface area is 94.1 Å². The van der Waals surface area contributed by atoms with E-state index in [-0.39, 0.29) is 0 Å². The van der Waals surface area contributed by atoms with E-state index in [9.17, 15) is 0 Å². The highest BCUT2D eigenvalue weighted by molar-refractivity contribution is 6.57. The summed E-state index contributed by atoms with van der Waals surface area (Å²) in [7, 11) is -2.63. The Morgan fingerprint density at radius 1 is 1.13 bits per heavy atom. The van der Waals surface area contributed by atoms with Crippen molar-refractivity contribution in [1.29, 1.82) is 0 Å². The molecule has 5 heteroatoms. The van der Waals surface area contributed by atoms with Gasteiger partial charge in [-0.3, -0.25) is 4.98 Å². The highest BCUT2D eigenvalue weighted by Crippen LogP contribution is 2.06. The van der Waals surface area contributed by atoms with Crippen LogP contribution in [0.1, 0.15) is 27.2 Å². The molecule has 0 aromatic heterocycles. The summed E-state index contributed by atoms with van der Waals surface area (Å²) in [5, 5.41) is 0. The third-order valence-corrected chi connectivity index (χ3v) is 4.38. The molecule has 90 valence electrons. The molecule has 0 aliphatic carbocycles. The van der Waals surface area contributed by atoms with Gasteiger partial charge in [0.1, 0.15) is 0 Å². The van der Waals surface area contributed by atoms with E-state index in [1.807, 2.05) is 26.8 Å². The van der Waals surface area contributed by atoms with E-state index in [0.29, 0.717) is 19.8 Å². The molecule has 0 amide bonds. The van der Waals surface area contributed by atoms with E-state index in [1.54, 1.807) is 0 Å². The van der Waals surface area contributed by atoms with Crippen LogP contribution in [-0.2, 0) is 13.3 Å². The zero-order valence-corrected chi connectivity index (χ0v) is 11.0. The van der Waals surface area contributed by atoms with Crippen LogP contribution < -0.4 is 4.98 Å². The molecule has 0 fully saturated rings. The summed E-state index contributed by atoms with van der Waals surface area (Å²) in [5.74, 6) is 0. The minimum absolute atomic E-state index is 0.586. The van der Waals surface area contributed by atoms with Crippen molar-refractivity contribution in [3.8, 4) is 0 Å². The van der Waals surface area contributed by atoms with Gasteiger partial charge in [-0.2, -0.15) is 0 Å². The average Bonchev–Trinajstić information content (AvgIpc) is 2.19. The largest absolute Gasteiger partial charge is 0.596 e. The Kier molecular flexibility index (Phi) is 8.93. The molecule has 0 rings (SSSR count). The van der Waals surface area contributed by atoms with Crippen LogP contribution in [0.2, 0.25) is 0 Å². The smallest absolute Gasteiger partial charge is 0.361 e. The monoisotopic (exact) mass is 233 g/mol. The molecule has 0 atom stereocenters. The summed E-state index contributed by atoms with van der Waals surface area (Å²) >= 11 is 0. The van der Waals surface area contributed by atoms with E-state index in [0.717, 1.165) is 13.0 Å². The summed E-state index contributed by atoms with van der Waals surface area (Å²) in [4.78, 5) is 3.19. The topological polar surface area (TPSA) is 39.7 Å². The second-order valence-electron chi connectivity index (χ2n) is 2.88. The second-order valence-corrected chi connectivity index (χ2v) is 5.21. The minimum atomic E-state index is -2.63. The molecule has 0 saturated heterocycles. The molecule has 15 heavy (non-hydrogen) atoms. The average molecular weight is 233 g/mol. The fourth-order valence-corrected chi connectivity index (χ4v) is 3.29. The van der Waals surface area contributed by atoms with Crippen molar-refractivity contribution in [1.82, 2.24) is 4.98 Å². The molecule has 0 aliphatic rings. The van der Waals surface area contributed by atoms with Gasteiger partial charge in [0.25, 0.3) is 0 Å². The van der Waals surface area contributed by atoms with Gasteiger partial charge in [0, 0.05) is 19.8 Å². The molecule has 0 aromatic carbocycles. The van der Waals surface area contributed by atoms with Gasteiger partial charge in [0.2, 0.25) is 0 Å². The number of nitrogens with one attached hydrogen (secondary N) is 1. The zero-order chi connectivity index (χ0) is 11.6. The van der Waals surface area contributed by atoms with E-state index < -0.39 is 8.97 Å². The molecule has 0 unspecified atom stereocenters. The third kappa shape index (κ3) is 6.06. The van der Waals surface area contributed by atoms with Crippen molar-refractivity contribution in [2.45, 2.75) is 27.2 Å². The first kappa shape index (κ1) is 14.8. The van der Waals surface area contributed by atoms with Gasteiger partial charge in [-0.25, -0.2) is 0 Å². The predicted molar refractivity (Wildman–Crippen MR) is 63.4 cm³/mol. The molecule has 0 radical (unpaired) electrons. The molecule has 0 spiro atoms. The second kappa shape index (κ2) is 9.05. The minimum Gasteiger partial charge on any atom is -0.361 e. The Morgan fingerprint density at radius 2 is 1.73 bits per heavy atom. The Morgan fingerprint density at radius 3 is 2.13 bits per heavy atom. The van der Waals surface area contributed by atoms with Crippen LogP contribution in [0.5, 0.6) is 0 Å². The molecule has 0 aliphatic heterocycles. The maximum atomic E-state index is 5.70. The van der Waals surface area contributed by atoms with Crippen LogP contribution in [0.15, 0.2) is 12.7 Å². The lowest BCUT2D eigenvalue weighted by atomic mass is 10.5. The van der Waals surface area contributed by atoms with E-state index in [4.69, 9.17) is 13.3 Å². The van der Waals surface area contributed by atoms with Crippen LogP contribution in [0, 0.1) is 0 Å². The summed E-state index contributed by atoms with van der Waals surface area (Å²) in [6.45, 7) is 12.1. The molecule has 0 heterocycles. The molecule has 0 saturated carbocycles. The van der Waals surface area contributed by atoms with Crippen LogP contribution in [0.25, 0.3) is 0 Å². The first-order valence-electron chi connectivity index (χ1n) is 5.52. The van der Waals surface area contributed by atoms with Crippen molar-refractivity contribution in [3.05, 3.63) is 12.7 Å². The fraction of sp³-hybridized carbons (Fsp3) is 0.800. The molecular formula is C10H23NO3Si. The number of hydrogen-bond acceptors (Lipinski definition) is 4. The lowest BCUT2D eigenvalue weighted by Crippen LogP contribution is -2.59. The molecule has 4 nitrogen and oxygen atoms in total. The zero-order valence-electron chi connectivity index (χ0n) is 10.0. The Hall–Kier alpha value is -0.203. The predicted octanol–water partition coefficient (Wildman–Crippen LogP) is 1.70. The highest BCUT2D eigenvalue weighted by atomic mass is 28.4. The van der Waals surface area contributed by atoms with Crippen molar-refractivity contribution >= 4 is 8.97 Å². The van der Waals surface area contributed by atoms with E-state index in [2.05, 4.69) is 11.6 Å². The summed E-state index contributed by atoms with van der Waals surface area (Å²) in [6.07, 6.45) is 2.63. The van der Waals surface area contributed by atoms with Crippen LogP contribution in [-0.4, -0.2) is 35.3 Å². The van der Waals surface area contributed by atoms with Gasteiger partial charge < -0.3 is 13.3 Å². The summed E-state index contributed by atoms with van der Waals surface area (Å²) < 4.78 is 16.9. The number of rotatable bonds is 10. The first-order chi connectivity index (χ1) is 7.24. The molecule has 0 bridgehead atoms. The first-order valence-corrected chi connectivity index (χ1v) is 7.24. The van der Waals surface area contributed by atoms with Crippen molar-refractivity contribution in [3.63, 3.8) is 0 Å². The van der Waals surface area contributed by atoms with Gasteiger partial charge in [0.05, 0.1) is 0 Å². The number of hydrogen-bond donors (Lipinski definition) is 1. The SMILES string of the molecule is C=CCCO[Si](NCC)(OCC)OCC. The van der Waals surface area contributed by atoms with Crippen molar-refractivity contribution < 1.29 is 13.3 Å².